The minimum absolute atomic E-state index is 0.0590. The summed E-state index contributed by atoms with van der Waals surface area (Å²) in [5.74, 6) is 1.08. The first-order valence-corrected chi connectivity index (χ1v) is 11.6. The van der Waals surface area contributed by atoms with Crippen molar-refractivity contribution in [2.75, 3.05) is 25.0 Å². The van der Waals surface area contributed by atoms with Crippen LogP contribution in [0.5, 0.6) is 5.75 Å². The van der Waals surface area contributed by atoms with Crippen LogP contribution in [0, 0.1) is 5.92 Å². The molecule has 0 bridgehead atoms. The number of hydrogen-bond donors (Lipinski definition) is 2. The van der Waals surface area contributed by atoms with Crippen molar-refractivity contribution in [3.8, 4) is 5.75 Å². The fourth-order valence-electron chi connectivity index (χ4n) is 3.43. The molecule has 0 atom stereocenters. The van der Waals surface area contributed by atoms with Gasteiger partial charge in [0.1, 0.15) is 5.75 Å². The summed E-state index contributed by atoms with van der Waals surface area (Å²) in [6.07, 6.45) is 4.29. The maximum Gasteiger partial charge on any atom is 0.257 e. The predicted octanol–water partition coefficient (Wildman–Crippen LogP) is 4.86. The van der Waals surface area contributed by atoms with Crippen molar-refractivity contribution in [2.45, 2.75) is 39.5 Å². The quantitative estimate of drug-likeness (QED) is 0.586. The molecule has 0 aromatic heterocycles. The van der Waals surface area contributed by atoms with E-state index in [0.29, 0.717) is 29.3 Å². The van der Waals surface area contributed by atoms with Crippen LogP contribution in [-0.2, 0) is 0 Å². The number of hydrogen-bond acceptors (Lipinski definition) is 4. The largest absolute Gasteiger partial charge is 0.494 e. The number of nitrogens with zero attached hydrogens (tertiary/aromatic N) is 1. The summed E-state index contributed by atoms with van der Waals surface area (Å²) < 4.78 is 5.68. The Balaban J connectivity index is 1.48. The summed E-state index contributed by atoms with van der Waals surface area (Å²) in [4.78, 5) is 26.9. The van der Waals surface area contributed by atoms with E-state index in [4.69, 9.17) is 17.0 Å². The minimum atomic E-state index is -0.298. The number of nitrogens with one attached hydrogen (secondary N) is 2. The molecule has 0 saturated carbocycles. The van der Waals surface area contributed by atoms with Crippen LogP contribution in [0.15, 0.2) is 48.5 Å². The van der Waals surface area contributed by atoms with E-state index in [-0.39, 0.29) is 16.9 Å². The second-order valence-corrected chi connectivity index (χ2v) is 8.80. The average Bonchev–Trinajstić information content (AvgIpc) is 2.80. The molecule has 0 spiro atoms. The van der Waals surface area contributed by atoms with Gasteiger partial charge in [-0.1, -0.05) is 13.8 Å². The Kier molecular flexibility index (Phi) is 8.62. The second-order valence-electron chi connectivity index (χ2n) is 8.39. The van der Waals surface area contributed by atoms with E-state index in [0.717, 1.165) is 38.1 Å². The van der Waals surface area contributed by atoms with Crippen molar-refractivity contribution < 1.29 is 14.3 Å². The molecule has 0 radical (unpaired) electrons. The van der Waals surface area contributed by atoms with Gasteiger partial charge in [0.25, 0.3) is 11.8 Å². The minimum Gasteiger partial charge on any atom is -0.494 e. The average molecular weight is 454 g/mol. The molecule has 170 valence electrons. The van der Waals surface area contributed by atoms with E-state index in [2.05, 4.69) is 24.5 Å². The van der Waals surface area contributed by atoms with Crippen LogP contribution in [0.1, 0.15) is 60.2 Å². The van der Waals surface area contributed by atoms with Crippen molar-refractivity contribution in [1.82, 2.24) is 10.2 Å². The molecule has 1 fully saturated rings. The summed E-state index contributed by atoms with van der Waals surface area (Å²) in [6.45, 7) is 6.59. The molecule has 0 unspecified atom stereocenters. The third-order valence-electron chi connectivity index (χ3n) is 5.34. The normalized spacial score (nSPS) is 13.5. The summed E-state index contributed by atoms with van der Waals surface area (Å²) in [5.41, 5.74) is 1.86. The lowest BCUT2D eigenvalue weighted by Crippen LogP contribution is -2.35. The van der Waals surface area contributed by atoms with Crippen LogP contribution in [0.3, 0.4) is 0 Å². The number of rotatable bonds is 7. The number of amides is 2. The van der Waals surface area contributed by atoms with E-state index in [1.165, 1.54) is 6.42 Å². The van der Waals surface area contributed by atoms with Gasteiger partial charge in [0, 0.05) is 29.9 Å². The first-order chi connectivity index (χ1) is 15.4. The van der Waals surface area contributed by atoms with Crippen LogP contribution >= 0.6 is 12.2 Å². The van der Waals surface area contributed by atoms with E-state index in [1.807, 2.05) is 4.90 Å². The first-order valence-electron chi connectivity index (χ1n) is 11.2. The molecule has 7 heteroatoms. The molecule has 2 aromatic rings. The second kappa shape index (κ2) is 11.6. The van der Waals surface area contributed by atoms with Crippen molar-refractivity contribution in [3.05, 3.63) is 59.7 Å². The number of carbonyl (C=O) groups excluding carboxylic acids is 2. The molecule has 1 aliphatic rings. The lowest BCUT2D eigenvalue weighted by molar-refractivity contribution is 0.0724. The number of anilines is 1. The number of piperidine rings is 1. The van der Waals surface area contributed by atoms with Gasteiger partial charge in [-0.2, -0.15) is 0 Å². The topological polar surface area (TPSA) is 70.7 Å². The molecular weight excluding hydrogens is 422 g/mol. The van der Waals surface area contributed by atoms with Gasteiger partial charge in [-0.25, -0.2) is 0 Å². The Bertz CT molecular complexity index is 920. The Hall–Kier alpha value is -2.93. The SMILES string of the molecule is CC(C)CCOc1ccc(C(=O)NC(=S)Nc2ccc(C(=O)N3CCCCC3)cc2)cc1. The van der Waals surface area contributed by atoms with E-state index < -0.39 is 0 Å². The van der Waals surface area contributed by atoms with Crippen LogP contribution < -0.4 is 15.4 Å². The first kappa shape index (κ1) is 23.7. The number of thiocarbonyl (C=S) groups is 1. The highest BCUT2D eigenvalue weighted by atomic mass is 32.1. The van der Waals surface area contributed by atoms with Crippen LogP contribution in [0.2, 0.25) is 0 Å². The van der Waals surface area contributed by atoms with Gasteiger partial charge in [0.2, 0.25) is 0 Å². The highest BCUT2D eigenvalue weighted by molar-refractivity contribution is 7.80. The van der Waals surface area contributed by atoms with Crippen molar-refractivity contribution >= 4 is 34.8 Å². The molecule has 1 saturated heterocycles. The van der Waals surface area contributed by atoms with Gasteiger partial charge in [0.05, 0.1) is 6.61 Å². The third-order valence-corrected chi connectivity index (χ3v) is 5.54. The Morgan fingerprint density at radius 2 is 1.59 bits per heavy atom. The maximum atomic E-state index is 12.6. The summed E-state index contributed by atoms with van der Waals surface area (Å²) in [5, 5.41) is 5.86. The van der Waals surface area contributed by atoms with Gasteiger partial charge in [0.15, 0.2) is 5.11 Å². The molecular formula is C25H31N3O3S. The smallest absolute Gasteiger partial charge is 0.257 e. The molecule has 6 nitrogen and oxygen atoms in total. The molecule has 2 N–H and O–H groups in total. The van der Waals surface area contributed by atoms with Gasteiger partial charge in [-0.05, 0) is 92.4 Å². The number of likely N-dealkylation sites (tertiary alicyclic amines) is 1. The molecule has 1 heterocycles. The van der Waals surface area contributed by atoms with Gasteiger partial charge in [-0.15, -0.1) is 0 Å². The Morgan fingerprint density at radius 3 is 2.22 bits per heavy atom. The maximum absolute atomic E-state index is 12.6. The number of benzene rings is 2. The highest BCUT2D eigenvalue weighted by Gasteiger charge is 2.18. The molecule has 2 aromatic carbocycles. The van der Waals surface area contributed by atoms with Crippen LogP contribution in [0.25, 0.3) is 0 Å². The third kappa shape index (κ3) is 7.05. The van der Waals surface area contributed by atoms with E-state index in [9.17, 15) is 9.59 Å². The fourth-order valence-corrected chi connectivity index (χ4v) is 3.64. The standard InChI is InChI=1S/C25H31N3O3S/c1-18(2)14-17-31-22-12-8-19(9-13-22)23(29)27-25(32)26-21-10-6-20(7-11-21)24(30)28-15-4-3-5-16-28/h6-13,18H,3-5,14-17H2,1-2H3,(H2,26,27,29,32). The molecule has 1 aliphatic heterocycles. The van der Waals surface area contributed by atoms with Crippen molar-refractivity contribution in [3.63, 3.8) is 0 Å². The zero-order valence-electron chi connectivity index (χ0n) is 18.7. The summed E-state index contributed by atoms with van der Waals surface area (Å²) >= 11 is 5.26. The predicted molar refractivity (Wildman–Crippen MR) is 131 cm³/mol. The zero-order valence-corrected chi connectivity index (χ0v) is 19.5. The Morgan fingerprint density at radius 1 is 0.969 bits per heavy atom. The number of carbonyl (C=O) groups is 2. The van der Waals surface area contributed by atoms with Crippen molar-refractivity contribution in [1.29, 1.82) is 0 Å². The lowest BCUT2D eigenvalue weighted by Gasteiger charge is -2.26. The van der Waals surface area contributed by atoms with Gasteiger partial charge in [-0.3, -0.25) is 14.9 Å². The van der Waals surface area contributed by atoms with Gasteiger partial charge >= 0.3 is 0 Å². The van der Waals surface area contributed by atoms with Gasteiger partial charge < -0.3 is 15.0 Å². The van der Waals surface area contributed by atoms with Crippen molar-refractivity contribution in [2.24, 2.45) is 5.92 Å². The fraction of sp³-hybridized carbons (Fsp3) is 0.400. The lowest BCUT2D eigenvalue weighted by atomic mass is 10.1. The summed E-state index contributed by atoms with van der Waals surface area (Å²) in [6, 6.07) is 14.1. The summed E-state index contributed by atoms with van der Waals surface area (Å²) in [7, 11) is 0. The molecule has 0 aliphatic carbocycles. The zero-order chi connectivity index (χ0) is 22.9. The highest BCUT2D eigenvalue weighted by Crippen LogP contribution is 2.16. The van der Waals surface area contributed by atoms with E-state index in [1.54, 1.807) is 48.5 Å². The van der Waals surface area contributed by atoms with Crippen LogP contribution in [0.4, 0.5) is 5.69 Å². The number of ether oxygens (including phenoxy) is 1. The Labute approximate surface area is 195 Å². The molecule has 3 rings (SSSR count). The molecule has 2 amide bonds. The van der Waals surface area contributed by atoms with E-state index >= 15 is 0 Å². The van der Waals surface area contributed by atoms with Crippen LogP contribution in [-0.4, -0.2) is 41.5 Å². The molecule has 32 heavy (non-hydrogen) atoms. The monoisotopic (exact) mass is 453 g/mol.